The summed E-state index contributed by atoms with van der Waals surface area (Å²) in [5.74, 6) is -7.83. The lowest BCUT2D eigenvalue weighted by molar-refractivity contribution is -0.351. The Morgan fingerprint density at radius 2 is 1.64 bits per heavy atom. The third-order valence-electron chi connectivity index (χ3n) is 3.78. The molecule has 1 aliphatic heterocycles. The summed E-state index contributed by atoms with van der Waals surface area (Å²) in [4.78, 5) is 24.6. The third kappa shape index (κ3) is 5.38. The molecule has 0 radical (unpaired) electrons. The second kappa shape index (κ2) is 8.69. The molecule has 1 amide bonds. The molecule has 1 saturated heterocycles. The molecule has 0 aromatic rings. The number of likely N-dealkylation sites (tertiary alicyclic amines) is 1. The van der Waals surface area contributed by atoms with Crippen LogP contribution in [-0.4, -0.2) is 66.7 Å². The lowest BCUT2D eigenvalue weighted by atomic mass is 10.1. The van der Waals surface area contributed by atoms with Gasteiger partial charge in [0.1, 0.15) is 0 Å². The first-order chi connectivity index (χ1) is 12.7. The Hall–Kier alpha value is -1.80. The van der Waals surface area contributed by atoms with E-state index in [1.54, 1.807) is 0 Å². The van der Waals surface area contributed by atoms with Gasteiger partial charge in [0.05, 0.1) is 13.0 Å². The molecule has 1 atom stereocenters. The lowest BCUT2D eigenvalue weighted by Gasteiger charge is -2.38. The van der Waals surface area contributed by atoms with Crippen LogP contribution >= 0.6 is 0 Å². The molecule has 1 aliphatic rings. The summed E-state index contributed by atoms with van der Waals surface area (Å²) < 4.78 is 106. The average molecular weight is 439 g/mol. The molecule has 1 fully saturated rings. The Labute approximate surface area is 157 Å². The van der Waals surface area contributed by atoms with E-state index in [1.165, 1.54) is 0 Å². The molecule has 1 N–H and O–H groups in total. The lowest BCUT2D eigenvalue weighted by Crippen LogP contribution is -2.63. The van der Waals surface area contributed by atoms with Crippen molar-refractivity contribution >= 4 is 22.0 Å². The van der Waals surface area contributed by atoms with Crippen molar-refractivity contribution in [2.75, 3.05) is 19.7 Å². The maximum absolute atomic E-state index is 13.7. The van der Waals surface area contributed by atoms with Gasteiger partial charge in [0.25, 0.3) is 0 Å². The molecule has 0 aliphatic carbocycles. The number of hydrogen-bond donors (Lipinski definition) is 1. The number of hydrogen-bond acceptors (Lipinski definition) is 6. The smallest absolute Gasteiger partial charge is 0.412 e. The van der Waals surface area contributed by atoms with Gasteiger partial charge in [-0.05, 0) is 19.3 Å². The van der Waals surface area contributed by atoms with Crippen LogP contribution in [0.4, 0.5) is 22.0 Å². The van der Waals surface area contributed by atoms with Crippen molar-refractivity contribution in [1.82, 2.24) is 4.90 Å². The van der Waals surface area contributed by atoms with Gasteiger partial charge in [0.15, 0.2) is 0 Å². The summed E-state index contributed by atoms with van der Waals surface area (Å²) in [7, 11) is -5.94. The summed E-state index contributed by atoms with van der Waals surface area (Å²) in [5, 5.41) is -4.85. The van der Waals surface area contributed by atoms with Crippen LogP contribution < -0.4 is 0 Å². The number of esters is 1. The topological polar surface area (TPSA) is 110 Å². The average Bonchev–Trinajstić information content (AvgIpc) is 2.58. The first-order valence-electron chi connectivity index (χ1n) is 7.88. The molecule has 0 aromatic carbocycles. The Morgan fingerprint density at radius 1 is 1.11 bits per heavy atom. The van der Waals surface area contributed by atoms with Crippen LogP contribution in [0.1, 0.15) is 25.7 Å². The van der Waals surface area contributed by atoms with Crippen molar-refractivity contribution in [3.05, 3.63) is 12.7 Å². The molecule has 0 spiro atoms. The molecule has 14 heteroatoms. The van der Waals surface area contributed by atoms with Crippen molar-refractivity contribution in [3.63, 3.8) is 0 Å². The molecular weight excluding hydrogens is 421 g/mol. The van der Waals surface area contributed by atoms with E-state index in [-0.39, 0.29) is 13.1 Å². The van der Waals surface area contributed by atoms with E-state index in [0.717, 1.165) is 0 Å². The van der Waals surface area contributed by atoms with Crippen molar-refractivity contribution in [2.45, 2.75) is 42.9 Å². The minimum absolute atomic E-state index is 0.118. The number of nitrogens with zero attached hydrogens (tertiary/aromatic N) is 1. The fraction of sp³-hybridized carbons (Fsp3) is 0.714. The van der Waals surface area contributed by atoms with E-state index in [4.69, 9.17) is 4.55 Å². The highest BCUT2D eigenvalue weighted by atomic mass is 32.2. The van der Waals surface area contributed by atoms with Crippen LogP contribution in [0.2, 0.25) is 0 Å². The number of carbonyl (C=O) groups is 2. The quantitative estimate of drug-likeness (QED) is 0.202. The van der Waals surface area contributed by atoms with Gasteiger partial charge in [0, 0.05) is 19.2 Å². The summed E-state index contributed by atoms with van der Waals surface area (Å²) in [6.07, 6.45) is -5.96. The molecule has 8 nitrogen and oxygen atoms in total. The number of rotatable bonds is 8. The third-order valence-corrected chi connectivity index (χ3v) is 4.74. The van der Waals surface area contributed by atoms with Crippen LogP contribution in [0.15, 0.2) is 12.7 Å². The number of alkyl halides is 5. The Kier molecular flexibility index (Phi) is 7.53. The van der Waals surface area contributed by atoms with Crippen LogP contribution in [0, 0.1) is 0 Å². The molecule has 1 rings (SSSR count). The zero-order valence-electron chi connectivity index (χ0n) is 14.4. The van der Waals surface area contributed by atoms with E-state index in [9.17, 15) is 40.0 Å². The highest BCUT2D eigenvalue weighted by Gasteiger charge is 2.67. The van der Waals surface area contributed by atoms with Gasteiger partial charge >= 0.3 is 39.2 Å². The van der Waals surface area contributed by atoms with Crippen LogP contribution in [-0.2, 0) is 29.2 Å². The number of halogens is 5. The Morgan fingerprint density at radius 3 is 2.07 bits per heavy atom. The minimum Gasteiger partial charge on any atom is -0.412 e. The van der Waals surface area contributed by atoms with Gasteiger partial charge in [-0.15, -0.1) is 0 Å². The molecule has 0 saturated carbocycles. The van der Waals surface area contributed by atoms with Crippen molar-refractivity contribution in [3.8, 4) is 0 Å². The molecular formula is C14H18F5NO7S. The predicted octanol–water partition coefficient (Wildman–Crippen LogP) is 1.87. The summed E-state index contributed by atoms with van der Waals surface area (Å²) >= 11 is 0. The van der Waals surface area contributed by atoms with Crippen LogP contribution in [0.5, 0.6) is 0 Å². The summed E-state index contributed by atoms with van der Waals surface area (Å²) in [5.41, 5.74) is 0. The maximum atomic E-state index is 13.7. The SMILES string of the molecule is C=CC(=O)OC(OCCC(F)(F)S(=O)(=O)O)(C(=O)N1CCCCC1)C(F)(F)F. The zero-order chi connectivity index (χ0) is 21.8. The summed E-state index contributed by atoms with van der Waals surface area (Å²) in [6.45, 7) is 0.975. The monoisotopic (exact) mass is 439 g/mol. The summed E-state index contributed by atoms with van der Waals surface area (Å²) in [6, 6.07) is 0. The number of carbonyl (C=O) groups excluding carboxylic acids is 2. The maximum Gasteiger partial charge on any atom is 0.466 e. The predicted molar refractivity (Wildman–Crippen MR) is 82.6 cm³/mol. The van der Waals surface area contributed by atoms with Gasteiger partial charge in [-0.25, -0.2) is 4.79 Å². The fourth-order valence-corrected chi connectivity index (χ4v) is 2.67. The molecule has 28 heavy (non-hydrogen) atoms. The fourth-order valence-electron chi connectivity index (χ4n) is 2.33. The number of ether oxygens (including phenoxy) is 2. The zero-order valence-corrected chi connectivity index (χ0v) is 15.2. The largest absolute Gasteiger partial charge is 0.466 e. The van der Waals surface area contributed by atoms with E-state index < -0.39 is 52.2 Å². The molecule has 1 unspecified atom stereocenters. The Bertz CT molecular complexity index is 703. The molecule has 162 valence electrons. The Balaban J connectivity index is 3.22. The highest BCUT2D eigenvalue weighted by Crippen LogP contribution is 2.38. The van der Waals surface area contributed by atoms with E-state index in [2.05, 4.69) is 16.1 Å². The minimum atomic E-state index is -5.94. The van der Waals surface area contributed by atoms with Gasteiger partial charge in [-0.1, -0.05) is 6.58 Å². The van der Waals surface area contributed by atoms with Gasteiger partial charge in [-0.3, -0.25) is 9.35 Å². The normalized spacial score (nSPS) is 18.3. The second-order valence-corrected chi connectivity index (χ2v) is 7.35. The van der Waals surface area contributed by atoms with Gasteiger partial charge in [-0.2, -0.15) is 30.4 Å². The van der Waals surface area contributed by atoms with Crippen LogP contribution in [0.3, 0.4) is 0 Å². The van der Waals surface area contributed by atoms with Crippen LogP contribution in [0.25, 0.3) is 0 Å². The molecule has 0 aromatic heterocycles. The van der Waals surface area contributed by atoms with Crippen molar-refractivity contribution < 1.29 is 54.0 Å². The standard InChI is InChI=1S/C14H18F5NO7S/c1-2-10(21)27-13(14(17,18)19,11(22)20-7-4-3-5-8-20)26-9-6-12(15,16)28(23,24)25/h2H,1,3-9H2,(H,23,24,25). The van der Waals surface area contributed by atoms with Gasteiger partial charge in [0.2, 0.25) is 0 Å². The van der Waals surface area contributed by atoms with E-state index in [0.29, 0.717) is 30.2 Å². The van der Waals surface area contributed by atoms with E-state index in [1.807, 2.05) is 0 Å². The van der Waals surface area contributed by atoms with E-state index >= 15 is 0 Å². The molecule has 1 heterocycles. The number of amides is 1. The first kappa shape index (κ1) is 24.2. The van der Waals surface area contributed by atoms with Gasteiger partial charge < -0.3 is 14.4 Å². The highest BCUT2D eigenvalue weighted by molar-refractivity contribution is 7.86. The molecule has 0 bridgehead atoms. The second-order valence-electron chi connectivity index (χ2n) is 5.80. The van der Waals surface area contributed by atoms with Crippen molar-refractivity contribution in [1.29, 1.82) is 0 Å². The number of piperidine rings is 1. The first-order valence-corrected chi connectivity index (χ1v) is 9.32. The van der Waals surface area contributed by atoms with Crippen molar-refractivity contribution in [2.24, 2.45) is 0 Å².